The topological polar surface area (TPSA) is 61.5 Å². The largest absolute Gasteiger partial charge is 0.480 e. The zero-order valence-electron chi connectivity index (χ0n) is 17.0. The lowest BCUT2D eigenvalue weighted by molar-refractivity contribution is 0.00647. The van der Waals surface area contributed by atoms with Crippen molar-refractivity contribution in [2.45, 2.75) is 32.5 Å². The van der Waals surface area contributed by atoms with Crippen molar-refractivity contribution in [2.24, 2.45) is 0 Å². The van der Waals surface area contributed by atoms with Crippen molar-refractivity contribution in [2.75, 3.05) is 5.73 Å². The smallest absolute Gasteiger partial charge is 0.342 e. The van der Waals surface area contributed by atoms with Gasteiger partial charge in [-0.05, 0) is 74.4 Å². The Morgan fingerprint density at radius 1 is 0.867 bits per heavy atom. The summed E-state index contributed by atoms with van der Waals surface area (Å²) in [5, 5.41) is 0. The Balaban J connectivity index is 2.03. The number of carbonyl (C=O) groups excluding carboxylic acids is 1. The third kappa shape index (κ3) is 5.35. The molecule has 3 aromatic rings. The van der Waals surface area contributed by atoms with Crippen LogP contribution in [0.3, 0.4) is 0 Å². The Bertz CT molecular complexity index is 980. The summed E-state index contributed by atoms with van der Waals surface area (Å²) in [5.41, 5.74) is 6.98. The summed E-state index contributed by atoms with van der Waals surface area (Å²) in [5.74, 6) is -1.11. The Hall–Kier alpha value is -3.41. The van der Waals surface area contributed by atoms with Gasteiger partial charge in [-0.1, -0.05) is 24.3 Å². The molecule has 0 saturated carbocycles. The molecule has 156 valence electrons. The molecule has 3 aromatic carbocycles. The molecule has 0 amide bonds. The molecule has 0 fully saturated rings. The van der Waals surface area contributed by atoms with Crippen molar-refractivity contribution in [3.05, 3.63) is 95.1 Å². The van der Waals surface area contributed by atoms with Crippen LogP contribution >= 0.6 is 0 Å². The summed E-state index contributed by atoms with van der Waals surface area (Å²) < 4.78 is 38.5. The second-order valence-electron chi connectivity index (χ2n) is 7.86. The van der Waals surface area contributed by atoms with Crippen LogP contribution < -0.4 is 10.5 Å². The van der Waals surface area contributed by atoms with Gasteiger partial charge in [0.1, 0.15) is 34.7 Å². The number of ether oxygens (including phenoxy) is 2. The summed E-state index contributed by atoms with van der Waals surface area (Å²) >= 11 is 0. The number of nitrogen functional groups attached to an aromatic ring is 1. The highest BCUT2D eigenvalue weighted by Crippen LogP contribution is 2.32. The summed E-state index contributed by atoms with van der Waals surface area (Å²) in [7, 11) is 0. The predicted molar refractivity (Wildman–Crippen MR) is 111 cm³/mol. The van der Waals surface area contributed by atoms with Gasteiger partial charge in [-0.25, -0.2) is 13.6 Å². The summed E-state index contributed by atoms with van der Waals surface area (Å²) in [6.07, 6.45) is -0.712. The van der Waals surface area contributed by atoms with Gasteiger partial charge in [0.05, 0.1) is 0 Å². The van der Waals surface area contributed by atoms with Gasteiger partial charge >= 0.3 is 5.97 Å². The van der Waals surface area contributed by atoms with E-state index in [1.807, 2.05) is 0 Å². The normalized spacial score (nSPS) is 11.4. The van der Waals surface area contributed by atoms with Gasteiger partial charge in [-0.2, -0.15) is 0 Å². The van der Waals surface area contributed by atoms with E-state index in [2.05, 4.69) is 0 Å². The Morgan fingerprint density at radius 3 is 1.83 bits per heavy atom. The van der Waals surface area contributed by atoms with Gasteiger partial charge in [0.15, 0.2) is 0 Å². The summed E-state index contributed by atoms with van der Waals surface area (Å²) in [4.78, 5) is 12.7. The first-order valence-corrected chi connectivity index (χ1v) is 9.43. The molecule has 0 aromatic heterocycles. The van der Waals surface area contributed by atoms with Crippen molar-refractivity contribution in [1.29, 1.82) is 0 Å². The monoisotopic (exact) mass is 411 g/mol. The van der Waals surface area contributed by atoms with E-state index in [9.17, 15) is 13.6 Å². The fourth-order valence-electron chi connectivity index (χ4n) is 2.87. The molecule has 0 heterocycles. The van der Waals surface area contributed by atoms with E-state index >= 15 is 0 Å². The maximum atomic E-state index is 13.4. The second-order valence-corrected chi connectivity index (χ2v) is 7.86. The average molecular weight is 411 g/mol. The van der Waals surface area contributed by atoms with E-state index in [1.54, 1.807) is 57.2 Å². The number of benzene rings is 3. The third-order valence-corrected chi connectivity index (χ3v) is 4.21. The van der Waals surface area contributed by atoms with E-state index in [4.69, 9.17) is 15.2 Å². The van der Waals surface area contributed by atoms with E-state index in [1.165, 1.54) is 30.3 Å². The van der Waals surface area contributed by atoms with Crippen LogP contribution in [0, 0.1) is 11.6 Å². The van der Waals surface area contributed by atoms with Crippen LogP contribution in [0.1, 0.15) is 48.4 Å². The lowest BCUT2D eigenvalue weighted by Crippen LogP contribution is -2.24. The minimum Gasteiger partial charge on any atom is -0.480 e. The molecule has 0 aliphatic carbocycles. The molecule has 0 aliphatic heterocycles. The maximum absolute atomic E-state index is 13.4. The molecule has 2 N–H and O–H groups in total. The number of hydrogen-bond acceptors (Lipinski definition) is 4. The highest BCUT2D eigenvalue weighted by molar-refractivity contribution is 5.93. The van der Waals surface area contributed by atoms with E-state index in [0.717, 1.165) is 0 Å². The minimum absolute atomic E-state index is 0.166. The van der Waals surface area contributed by atoms with Crippen molar-refractivity contribution in [3.63, 3.8) is 0 Å². The van der Waals surface area contributed by atoms with Crippen LogP contribution in [0.25, 0.3) is 0 Å². The lowest BCUT2D eigenvalue weighted by Gasteiger charge is -2.24. The number of anilines is 1. The van der Waals surface area contributed by atoms with Gasteiger partial charge in [0.2, 0.25) is 0 Å². The molecule has 3 rings (SSSR count). The number of nitrogens with two attached hydrogens (primary N) is 1. The molecule has 30 heavy (non-hydrogen) atoms. The van der Waals surface area contributed by atoms with Crippen LogP contribution in [0.5, 0.6) is 5.75 Å². The van der Waals surface area contributed by atoms with Gasteiger partial charge < -0.3 is 15.2 Å². The quantitative estimate of drug-likeness (QED) is 0.434. The number of halogens is 2. The van der Waals surface area contributed by atoms with Crippen LogP contribution in [-0.2, 0) is 4.74 Å². The number of rotatable bonds is 5. The highest BCUT2D eigenvalue weighted by atomic mass is 19.1. The first-order valence-electron chi connectivity index (χ1n) is 9.43. The molecule has 4 nitrogen and oxygen atoms in total. The first kappa shape index (κ1) is 21.3. The molecule has 6 heteroatoms. The molecule has 0 spiro atoms. The third-order valence-electron chi connectivity index (χ3n) is 4.21. The van der Waals surface area contributed by atoms with Crippen molar-refractivity contribution in [1.82, 2.24) is 0 Å². The van der Waals surface area contributed by atoms with Gasteiger partial charge in [-0.3, -0.25) is 0 Å². The Labute approximate surface area is 174 Å². The van der Waals surface area contributed by atoms with E-state index in [0.29, 0.717) is 16.8 Å². The van der Waals surface area contributed by atoms with Gasteiger partial charge in [0, 0.05) is 5.69 Å². The molecule has 0 saturated heterocycles. The fourth-order valence-corrected chi connectivity index (χ4v) is 2.87. The Morgan fingerprint density at radius 2 is 1.37 bits per heavy atom. The van der Waals surface area contributed by atoms with Crippen molar-refractivity contribution in [3.8, 4) is 5.75 Å². The fraction of sp³-hybridized carbons (Fsp3) is 0.208. The zero-order chi connectivity index (χ0) is 21.9. The van der Waals surface area contributed by atoms with Crippen molar-refractivity contribution < 1.29 is 23.0 Å². The second kappa shape index (κ2) is 8.53. The molecule has 0 unspecified atom stereocenters. The van der Waals surface area contributed by atoms with Crippen LogP contribution in [0.4, 0.5) is 14.5 Å². The predicted octanol–water partition coefficient (Wildman–Crippen LogP) is 5.67. The summed E-state index contributed by atoms with van der Waals surface area (Å²) in [6.45, 7) is 5.28. The number of carbonyl (C=O) groups is 1. The Kier molecular flexibility index (Phi) is 6.06. The standard InChI is InChI=1S/C24H23F2NO3/c1-24(2,3)30-23(28)20-14-19(27)12-13-21(20)29-22(15-4-8-17(25)9-5-15)16-6-10-18(26)11-7-16/h4-14,22H,27H2,1-3H3. The van der Waals surface area contributed by atoms with E-state index < -0.39 is 29.3 Å². The van der Waals surface area contributed by atoms with Crippen LogP contribution in [0.15, 0.2) is 66.7 Å². The summed E-state index contributed by atoms with van der Waals surface area (Å²) in [6, 6.07) is 16.2. The van der Waals surface area contributed by atoms with Gasteiger partial charge in [0.25, 0.3) is 0 Å². The van der Waals surface area contributed by atoms with Gasteiger partial charge in [-0.15, -0.1) is 0 Å². The molecule has 0 bridgehead atoms. The molecule has 0 radical (unpaired) electrons. The number of esters is 1. The van der Waals surface area contributed by atoms with Crippen LogP contribution in [-0.4, -0.2) is 11.6 Å². The molecular weight excluding hydrogens is 388 g/mol. The van der Waals surface area contributed by atoms with Crippen molar-refractivity contribution >= 4 is 11.7 Å². The van der Waals surface area contributed by atoms with E-state index in [-0.39, 0.29) is 11.3 Å². The highest BCUT2D eigenvalue weighted by Gasteiger charge is 2.24. The molecular formula is C24H23F2NO3. The SMILES string of the molecule is CC(C)(C)OC(=O)c1cc(N)ccc1OC(c1ccc(F)cc1)c1ccc(F)cc1. The average Bonchev–Trinajstić information content (AvgIpc) is 2.67. The minimum atomic E-state index is -0.712. The number of hydrogen-bond donors (Lipinski definition) is 1. The molecule has 0 aliphatic rings. The zero-order valence-corrected chi connectivity index (χ0v) is 17.0. The first-order chi connectivity index (χ1) is 14.1. The molecule has 0 atom stereocenters. The maximum Gasteiger partial charge on any atom is 0.342 e. The van der Waals surface area contributed by atoms with Crippen LogP contribution in [0.2, 0.25) is 0 Å². The lowest BCUT2D eigenvalue weighted by atomic mass is 10.0.